The zero-order chi connectivity index (χ0) is 24.4. The molecule has 5 aromatic rings. The van der Waals surface area contributed by atoms with Gasteiger partial charge in [-0.1, -0.05) is 55.3 Å². The fourth-order valence-corrected chi connectivity index (χ4v) is 4.38. The molecule has 4 aromatic heterocycles. The summed E-state index contributed by atoms with van der Waals surface area (Å²) in [4.78, 5) is 18.1. The van der Waals surface area contributed by atoms with Crippen molar-refractivity contribution in [2.24, 2.45) is 7.05 Å². The van der Waals surface area contributed by atoms with Crippen molar-refractivity contribution in [3.63, 3.8) is 0 Å². The normalized spacial score (nSPS) is 11.3. The molecule has 0 saturated carbocycles. The molecule has 35 heavy (non-hydrogen) atoms. The van der Waals surface area contributed by atoms with E-state index in [1.54, 1.807) is 33.3 Å². The lowest BCUT2D eigenvalue weighted by atomic mass is 10.0. The second-order valence-corrected chi connectivity index (χ2v) is 8.66. The van der Waals surface area contributed by atoms with Gasteiger partial charge in [-0.05, 0) is 34.9 Å². The van der Waals surface area contributed by atoms with Crippen molar-refractivity contribution in [3.05, 3.63) is 81.8 Å². The summed E-state index contributed by atoms with van der Waals surface area (Å²) < 4.78 is 4.96. The van der Waals surface area contributed by atoms with E-state index in [0.717, 1.165) is 47.3 Å². The summed E-state index contributed by atoms with van der Waals surface area (Å²) in [5.74, 6) is 1.13. The Bertz CT molecular complexity index is 1480. The Morgan fingerprint density at radius 1 is 1.09 bits per heavy atom. The van der Waals surface area contributed by atoms with E-state index in [-0.39, 0.29) is 5.69 Å². The molecular weight excluding hydrogens is 466 g/mol. The van der Waals surface area contributed by atoms with E-state index in [0.29, 0.717) is 23.2 Å². The number of pyridine rings is 1. The van der Waals surface area contributed by atoms with Gasteiger partial charge < -0.3 is 0 Å². The van der Waals surface area contributed by atoms with Crippen LogP contribution in [0.2, 0.25) is 5.02 Å². The SMILES string of the molecule is CCCCc1cn(-c2c(Cl)cnn2C)c(=O)n1Cc1ccc(-c2ccccc2-c2nnn[nH]2)nc1. The minimum Gasteiger partial charge on any atom is -0.292 e. The van der Waals surface area contributed by atoms with E-state index < -0.39 is 0 Å². The molecule has 0 aliphatic heterocycles. The van der Waals surface area contributed by atoms with Crippen molar-refractivity contribution < 1.29 is 0 Å². The Hall–Kier alpha value is -4.05. The average Bonchev–Trinajstić information content (AvgIpc) is 3.60. The first-order chi connectivity index (χ1) is 17.1. The number of imidazole rings is 1. The van der Waals surface area contributed by atoms with Crippen LogP contribution in [0.5, 0.6) is 0 Å². The second-order valence-electron chi connectivity index (χ2n) is 8.25. The molecule has 0 unspecified atom stereocenters. The van der Waals surface area contributed by atoms with Gasteiger partial charge in [-0.2, -0.15) is 5.10 Å². The molecule has 1 aromatic carbocycles. The number of nitrogens with one attached hydrogen (secondary N) is 1. The number of hydrogen-bond donors (Lipinski definition) is 1. The summed E-state index contributed by atoms with van der Waals surface area (Å²) in [5.41, 5.74) is 4.27. The average molecular weight is 490 g/mol. The maximum atomic E-state index is 13.4. The number of tetrazole rings is 1. The number of halogens is 1. The Balaban J connectivity index is 1.48. The number of rotatable bonds is 8. The molecule has 178 valence electrons. The third-order valence-electron chi connectivity index (χ3n) is 5.91. The van der Waals surface area contributed by atoms with Crippen molar-refractivity contribution in [1.29, 1.82) is 0 Å². The van der Waals surface area contributed by atoms with Gasteiger partial charge in [0, 0.05) is 36.3 Å². The minimum absolute atomic E-state index is 0.158. The van der Waals surface area contributed by atoms with Crippen LogP contribution in [-0.4, -0.2) is 44.5 Å². The van der Waals surface area contributed by atoms with Crippen molar-refractivity contribution in [2.75, 3.05) is 0 Å². The van der Waals surface area contributed by atoms with E-state index in [1.165, 1.54) is 0 Å². The Kier molecular flexibility index (Phi) is 6.28. The van der Waals surface area contributed by atoms with Crippen molar-refractivity contribution in [2.45, 2.75) is 32.7 Å². The largest absolute Gasteiger partial charge is 0.334 e. The van der Waals surface area contributed by atoms with Crippen LogP contribution < -0.4 is 5.69 Å². The molecular formula is C24H24ClN9O. The molecule has 0 spiro atoms. The first kappa shape index (κ1) is 22.7. The van der Waals surface area contributed by atoms with E-state index in [9.17, 15) is 4.79 Å². The molecule has 11 heteroatoms. The van der Waals surface area contributed by atoms with Gasteiger partial charge in [0.15, 0.2) is 11.6 Å². The summed E-state index contributed by atoms with van der Waals surface area (Å²) in [7, 11) is 1.77. The summed E-state index contributed by atoms with van der Waals surface area (Å²) >= 11 is 6.33. The molecule has 0 radical (unpaired) electrons. The number of benzene rings is 1. The molecule has 10 nitrogen and oxygen atoms in total. The van der Waals surface area contributed by atoms with Gasteiger partial charge in [-0.15, -0.1) is 5.10 Å². The van der Waals surface area contributed by atoms with Gasteiger partial charge in [-0.25, -0.2) is 9.89 Å². The van der Waals surface area contributed by atoms with Gasteiger partial charge in [0.2, 0.25) is 0 Å². The molecule has 1 N–H and O–H groups in total. The van der Waals surface area contributed by atoms with E-state index >= 15 is 0 Å². The number of aromatic amines is 1. The molecule has 0 aliphatic rings. The highest BCUT2D eigenvalue weighted by atomic mass is 35.5. The van der Waals surface area contributed by atoms with Crippen molar-refractivity contribution in [3.8, 4) is 28.5 Å². The predicted octanol–water partition coefficient (Wildman–Crippen LogP) is 3.66. The lowest BCUT2D eigenvalue weighted by molar-refractivity contribution is 0.663. The topological polar surface area (TPSA) is 112 Å². The number of aryl methyl sites for hydroxylation is 2. The van der Waals surface area contributed by atoms with Gasteiger partial charge in [0.1, 0.15) is 5.02 Å². The molecule has 0 bridgehead atoms. The predicted molar refractivity (Wildman–Crippen MR) is 132 cm³/mol. The quantitative estimate of drug-likeness (QED) is 0.356. The number of aromatic nitrogens is 9. The summed E-state index contributed by atoms with van der Waals surface area (Å²) in [6.45, 7) is 2.54. The van der Waals surface area contributed by atoms with E-state index in [2.05, 4.69) is 37.6 Å². The van der Waals surface area contributed by atoms with Crippen LogP contribution in [0.3, 0.4) is 0 Å². The third-order valence-corrected chi connectivity index (χ3v) is 6.18. The Labute approximate surface area is 206 Å². The van der Waals surface area contributed by atoms with Crippen LogP contribution in [-0.2, 0) is 20.0 Å². The lowest BCUT2D eigenvalue weighted by Crippen LogP contribution is -2.26. The number of H-pyrrole nitrogens is 1. The number of unbranched alkanes of at least 4 members (excludes halogenated alkanes) is 1. The highest BCUT2D eigenvalue weighted by Crippen LogP contribution is 2.28. The fourth-order valence-electron chi connectivity index (χ4n) is 4.13. The smallest absolute Gasteiger partial charge is 0.292 e. The van der Waals surface area contributed by atoms with Gasteiger partial charge in [0.25, 0.3) is 0 Å². The van der Waals surface area contributed by atoms with Crippen LogP contribution >= 0.6 is 11.6 Å². The van der Waals surface area contributed by atoms with Crippen LogP contribution in [0.1, 0.15) is 31.0 Å². The zero-order valence-corrected chi connectivity index (χ0v) is 20.1. The lowest BCUT2D eigenvalue weighted by Gasteiger charge is -2.09. The molecule has 0 aliphatic carbocycles. The molecule has 0 atom stereocenters. The Morgan fingerprint density at radius 2 is 1.91 bits per heavy atom. The van der Waals surface area contributed by atoms with E-state index in [1.807, 2.05) is 42.6 Å². The van der Waals surface area contributed by atoms with Crippen LogP contribution in [0.15, 0.2) is 59.8 Å². The highest BCUT2D eigenvalue weighted by molar-refractivity contribution is 6.32. The third kappa shape index (κ3) is 4.40. The number of hydrogen-bond acceptors (Lipinski definition) is 6. The Morgan fingerprint density at radius 3 is 2.57 bits per heavy atom. The molecule has 0 saturated heterocycles. The number of nitrogens with zero attached hydrogens (tertiary/aromatic N) is 8. The first-order valence-electron chi connectivity index (χ1n) is 11.3. The fraction of sp³-hybridized carbons (Fsp3) is 0.250. The standard InChI is InChI=1S/C24H24ClN9O/c1-3-4-7-17-15-34(23-20(25)13-27-32(23)2)24(35)33(17)14-16-10-11-21(26-12-16)18-8-5-6-9-19(18)22-28-30-31-29-22/h5-6,8-13,15H,3-4,7,14H2,1-2H3,(H,28,29,30,31). The van der Waals surface area contributed by atoms with Crippen molar-refractivity contribution in [1.82, 2.24) is 44.5 Å². The molecule has 5 rings (SSSR count). The van der Waals surface area contributed by atoms with Gasteiger partial charge in [0.05, 0.1) is 18.4 Å². The highest BCUT2D eigenvalue weighted by Gasteiger charge is 2.18. The monoisotopic (exact) mass is 489 g/mol. The first-order valence-corrected chi connectivity index (χ1v) is 11.7. The van der Waals surface area contributed by atoms with Gasteiger partial charge >= 0.3 is 5.69 Å². The maximum absolute atomic E-state index is 13.4. The molecule has 4 heterocycles. The summed E-state index contributed by atoms with van der Waals surface area (Å²) in [5, 5.41) is 18.8. The second kappa shape index (κ2) is 9.67. The van der Waals surface area contributed by atoms with Crippen LogP contribution in [0.25, 0.3) is 28.5 Å². The van der Waals surface area contributed by atoms with Crippen molar-refractivity contribution >= 4 is 11.6 Å². The summed E-state index contributed by atoms with van der Waals surface area (Å²) in [6, 6.07) is 11.7. The van der Waals surface area contributed by atoms with Gasteiger partial charge in [-0.3, -0.25) is 18.8 Å². The molecule has 0 fully saturated rings. The molecule has 0 amide bonds. The maximum Gasteiger partial charge on any atom is 0.334 e. The van der Waals surface area contributed by atoms with Crippen LogP contribution in [0, 0.1) is 0 Å². The minimum atomic E-state index is -0.158. The van der Waals surface area contributed by atoms with E-state index in [4.69, 9.17) is 11.6 Å². The van der Waals surface area contributed by atoms with Crippen LogP contribution in [0.4, 0.5) is 0 Å². The zero-order valence-electron chi connectivity index (χ0n) is 19.4. The summed E-state index contributed by atoms with van der Waals surface area (Å²) in [6.07, 6.45) is 8.01.